The summed E-state index contributed by atoms with van der Waals surface area (Å²) in [6.45, 7) is 1.79. The van der Waals surface area contributed by atoms with Gasteiger partial charge in [-0.25, -0.2) is 13.4 Å². The van der Waals surface area contributed by atoms with Crippen LogP contribution in [0.3, 0.4) is 0 Å². The Labute approximate surface area is 156 Å². The van der Waals surface area contributed by atoms with Crippen molar-refractivity contribution >= 4 is 32.2 Å². The highest BCUT2D eigenvalue weighted by Crippen LogP contribution is 2.26. The molecule has 0 atom stereocenters. The van der Waals surface area contributed by atoms with Crippen LogP contribution < -0.4 is 5.32 Å². The van der Waals surface area contributed by atoms with Gasteiger partial charge in [-0.15, -0.1) is 11.3 Å². The van der Waals surface area contributed by atoms with E-state index in [-0.39, 0.29) is 16.2 Å². The summed E-state index contributed by atoms with van der Waals surface area (Å²) in [4.78, 5) is 17.1. The molecule has 2 aromatic carbocycles. The number of sulfone groups is 1. The van der Waals surface area contributed by atoms with Crippen LogP contribution in [-0.4, -0.2) is 25.1 Å². The third-order valence-electron chi connectivity index (χ3n) is 3.73. The van der Waals surface area contributed by atoms with Gasteiger partial charge < -0.3 is 0 Å². The summed E-state index contributed by atoms with van der Waals surface area (Å²) in [5.41, 5.74) is 1.85. The van der Waals surface area contributed by atoms with Crippen LogP contribution in [0.25, 0.3) is 11.3 Å². The van der Waals surface area contributed by atoms with Gasteiger partial charge in [-0.05, 0) is 18.6 Å². The Hall–Kier alpha value is -2.51. The number of hydrogen-bond acceptors (Lipinski definition) is 5. The molecule has 26 heavy (non-hydrogen) atoms. The molecular formula is C19H18N2O3S2. The molecule has 0 aliphatic carbocycles. The molecule has 7 heteroatoms. The monoisotopic (exact) mass is 386 g/mol. The first-order valence-electron chi connectivity index (χ1n) is 8.15. The fourth-order valence-corrected chi connectivity index (χ4v) is 4.80. The highest BCUT2D eigenvalue weighted by atomic mass is 32.2. The van der Waals surface area contributed by atoms with Gasteiger partial charge >= 0.3 is 0 Å². The second-order valence-corrected chi connectivity index (χ2v) is 8.61. The number of nitrogens with one attached hydrogen (secondary N) is 1. The Morgan fingerprint density at radius 3 is 2.50 bits per heavy atom. The van der Waals surface area contributed by atoms with Crippen molar-refractivity contribution in [1.29, 1.82) is 0 Å². The number of hydrogen-bond donors (Lipinski definition) is 1. The number of aromatic nitrogens is 1. The number of thiazole rings is 1. The normalized spacial score (nSPS) is 11.3. The maximum absolute atomic E-state index is 12.6. The second kappa shape index (κ2) is 7.80. The Kier molecular flexibility index (Phi) is 5.49. The number of amides is 1. The molecule has 0 fully saturated rings. The van der Waals surface area contributed by atoms with Crippen LogP contribution in [0, 0.1) is 0 Å². The predicted molar refractivity (Wildman–Crippen MR) is 104 cm³/mol. The molecule has 3 aromatic rings. The van der Waals surface area contributed by atoms with Crippen LogP contribution in [0.4, 0.5) is 5.13 Å². The van der Waals surface area contributed by atoms with Gasteiger partial charge in [-0.2, -0.15) is 0 Å². The average Bonchev–Trinajstić information content (AvgIpc) is 3.11. The van der Waals surface area contributed by atoms with E-state index in [4.69, 9.17) is 0 Å². The SMILES string of the molecule is CCCS(=O)(=O)c1ccccc1C(=O)Nc1nc(-c2ccccc2)cs1. The van der Waals surface area contributed by atoms with E-state index in [0.717, 1.165) is 11.3 Å². The standard InChI is InChI=1S/C19H18N2O3S2/c1-2-12-26(23,24)17-11-7-6-10-15(17)18(22)21-19-20-16(13-25-19)14-8-4-3-5-9-14/h3-11,13H,2,12H2,1H3,(H,20,21,22). The minimum absolute atomic E-state index is 0.00665. The first-order chi connectivity index (χ1) is 12.5. The second-order valence-electron chi connectivity index (χ2n) is 5.67. The molecule has 0 spiro atoms. The molecule has 1 heterocycles. The summed E-state index contributed by atoms with van der Waals surface area (Å²) in [5, 5.41) is 4.99. The zero-order valence-electron chi connectivity index (χ0n) is 14.2. The first kappa shape index (κ1) is 18.3. The quantitative estimate of drug-likeness (QED) is 0.687. The predicted octanol–water partition coefficient (Wildman–Crippen LogP) is 4.25. The lowest BCUT2D eigenvalue weighted by atomic mass is 10.2. The number of anilines is 1. The molecule has 0 aliphatic rings. The smallest absolute Gasteiger partial charge is 0.258 e. The number of carbonyl (C=O) groups excluding carboxylic acids is 1. The van der Waals surface area contributed by atoms with Crippen molar-refractivity contribution in [2.75, 3.05) is 11.1 Å². The third kappa shape index (κ3) is 4.00. The summed E-state index contributed by atoms with van der Waals surface area (Å²) in [7, 11) is -3.49. The summed E-state index contributed by atoms with van der Waals surface area (Å²) in [6.07, 6.45) is 0.491. The van der Waals surface area contributed by atoms with E-state index >= 15 is 0 Å². The van der Waals surface area contributed by atoms with Gasteiger partial charge in [-0.1, -0.05) is 49.4 Å². The minimum atomic E-state index is -3.49. The average molecular weight is 386 g/mol. The van der Waals surface area contributed by atoms with Crippen molar-refractivity contribution in [2.45, 2.75) is 18.2 Å². The van der Waals surface area contributed by atoms with E-state index in [9.17, 15) is 13.2 Å². The lowest BCUT2D eigenvalue weighted by Crippen LogP contribution is -2.17. The van der Waals surface area contributed by atoms with E-state index in [1.54, 1.807) is 19.1 Å². The van der Waals surface area contributed by atoms with Crippen molar-refractivity contribution in [1.82, 2.24) is 4.98 Å². The topological polar surface area (TPSA) is 76.1 Å². The molecule has 1 aromatic heterocycles. The van der Waals surface area contributed by atoms with Crippen LogP contribution in [0.1, 0.15) is 23.7 Å². The van der Waals surface area contributed by atoms with Crippen LogP contribution in [0.5, 0.6) is 0 Å². The fraction of sp³-hybridized carbons (Fsp3) is 0.158. The van der Waals surface area contributed by atoms with Crippen molar-refractivity contribution in [3.05, 3.63) is 65.5 Å². The van der Waals surface area contributed by atoms with E-state index in [1.165, 1.54) is 23.5 Å². The number of rotatable bonds is 6. The van der Waals surface area contributed by atoms with Crippen molar-refractivity contribution < 1.29 is 13.2 Å². The molecule has 0 unspecified atom stereocenters. The number of nitrogens with zero attached hydrogens (tertiary/aromatic N) is 1. The molecule has 0 aliphatic heterocycles. The van der Waals surface area contributed by atoms with Gasteiger partial charge in [0.2, 0.25) is 0 Å². The summed E-state index contributed by atoms with van der Waals surface area (Å²) < 4.78 is 24.8. The van der Waals surface area contributed by atoms with Gasteiger partial charge in [0, 0.05) is 10.9 Å². The van der Waals surface area contributed by atoms with Crippen LogP contribution in [-0.2, 0) is 9.84 Å². The maximum atomic E-state index is 12.6. The highest BCUT2D eigenvalue weighted by molar-refractivity contribution is 7.91. The molecule has 5 nitrogen and oxygen atoms in total. The van der Waals surface area contributed by atoms with Crippen LogP contribution in [0.2, 0.25) is 0 Å². The van der Waals surface area contributed by atoms with Crippen molar-refractivity contribution in [2.24, 2.45) is 0 Å². The number of carbonyl (C=O) groups is 1. The molecular weight excluding hydrogens is 368 g/mol. The zero-order chi connectivity index (χ0) is 18.6. The third-order valence-corrected chi connectivity index (χ3v) is 6.46. The van der Waals surface area contributed by atoms with Gasteiger partial charge in [0.15, 0.2) is 15.0 Å². The van der Waals surface area contributed by atoms with Gasteiger partial charge in [0.1, 0.15) is 0 Å². The van der Waals surface area contributed by atoms with Gasteiger partial charge in [0.05, 0.1) is 21.9 Å². The lowest BCUT2D eigenvalue weighted by Gasteiger charge is -2.09. The summed E-state index contributed by atoms with van der Waals surface area (Å²) >= 11 is 1.30. The Morgan fingerprint density at radius 1 is 1.08 bits per heavy atom. The van der Waals surface area contributed by atoms with Crippen LogP contribution >= 0.6 is 11.3 Å². The summed E-state index contributed by atoms with van der Waals surface area (Å²) in [5.74, 6) is -0.471. The molecule has 0 radical (unpaired) electrons. The van der Waals surface area contributed by atoms with Gasteiger partial charge in [-0.3, -0.25) is 10.1 Å². The largest absolute Gasteiger partial charge is 0.298 e. The van der Waals surface area contributed by atoms with E-state index < -0.39 is 15.7 Å². The molecule has 0 saturated carbocycles. The minimum Gasteiger partial charge on any atom is -0.298 e. The van der Waals surface area contributed by atoms with Crippen molar-refractivity contribution in [3.8, 4) is 11.3 Å². The van der Waals surface area contributed by atoms with Crippen molar-refractivity contribution in [3.63, 3.8) is 0 Å². The molecule has 3 rings (SSSR count). The molecule has 1 N–H and O–H groups in total. The first-order valence-corrected chi connectivity index (χ1v) is 10.7. The highest BCUT2D eigenvalue weighted by Gasteiger charge is 2.22. The van der Waals surface area contributed by atoms with Gasteiger partial charge in [0.25, 0.3) is 5.91 Å². The maximum Gasteiger partial charge on any atom is 0.258 e. The van der Waals surface area contributed by atoms with E-state index in [1.807, 2.05) is 35.7 Å². The number of benzene rings is 2. The molecule has 134 valence electrons. The molecule has 1 amide bonds. The molecule has 0 saturated heterocycles. The lowest BCUT2D eigenvalue weighted by molar-refractivity contribution is 0.102. The zero-order valence-corrected chi connectivity index (χ0v) is 15.8. The van der Waals surface area contributed by atoms with Crippen LogP contribution in [0.15, 0.2) is 64.9 Å². The summed E-state index contributed by atoms with van der Waals surface area (Å²) in [6, 6.07) is 15.9. The Balaban J connectivity index is 1.85. The van der Waals surface area contributed by atoms with E-state index in [0.29, 0.717) is 11.6 Å². The Bertz CT molecular complexity index is 1010. The Morgan fingerprint density at radius 2 is 1.77 bits per heavy atom. The fourth-order valence-electron chi connectivity index (χ4n) is 2.54. The van der Waals surface area contributed by atoms with E-state index in [2.05, 4.69) is 10.3 Å². The molecule has 0 bridgehead atoms.